The van der Waals surface area contributed by atoms with Crippen LogP contribution in [0.5, 0.6) is 5.75 Å². The molecule has 2 aromatic rings. The first kappa shape index (κ1) is 21.6. The van der Waals surface area contributed by atoms with Gasteiger partial charge in [0.2, 0.25) is 0 Å². The number of carbonyl (C=O) groups is 2. The number of para-hydroxylation sites is 1. The number of carboxylic acid groups (broad SMARTS) is 1. The standard InChI is InChI=1S/C23H28N2O5/c1-3-23(24-19-8-6-5-7-18(19)21(26)25-23)13-14-30-17-11-9-16(10-12-17)15-20(22(27)28)29-4-2/h5-12,20,24H,3-4,13-15H2,1-2H3,(H,25,26)(H,27,28). The molecule has 1 aliphatic heterocycles. The zero-order valence-electron chi connectivity index (χ0n) is 17.3. The van der Waals surface area contributed by atoms with Gasteiger partial charge in [0.05, 0.1) is 12.2 Å². The second-order valence-electron chi connectivity index (χ2n) is 7.29. The Labute approximate surface area is 176 Å². The van der Waals surface area contributed by atoms with Crippen molar-refractivity contribution in [2.75, 3.05) is 18.5 Å². The molecule has 3 N–H and O–H groups in total. The molecule has 0 spiro atoms. The van der Waals surface area contributed by atoms with Crippen LogP contribution < -0.4 is 15.4 Å². The Morgan fingerprint density at radius 3 is 2.50 bits per heavy atom. The minimum Gasteiger partial charge on any atom is -0.493 e. The van der Waals surface area contributed by atoms with Crippen molar-refractivity contribution < 1.29 is 24.2 Å². The molecule has 2 unspecified atom stereocenters. The Kier molecular flexibility index (Phi) is 6.95. The molecule has 1 aliphatic rings. The maximum Gasteiger partial charge on any atom is 0.333 e. The van der Waals surface area contributed by atoms with Crippen molar-refractivity contribution in [3.63, 3.8) is 0 Å². The number of fused-ring (bicyclic) bond motifs is 1. The lowest BCUT2D eigenvalue weighted by molar-refractivity contribution is -0.149. The number of amides is 1. The quantitative estimate of drug-likeness (QED) is 0.553. The fourth-order valence-electron chi connectivity index (χ4n) is 3.54. The summed E-state index contributed by atoms with van der Waals surface area (Å²) in [5, 5.41) is 15.7. The SMILES string of the molecule is CCOC(Cc1ccc(OCCC2(CC)NC(=O)c3ccccc3N2)cc1)C(=O)O. The summed E-state index contributed by atoms with van der Waals surface area (Å²) in [6.07, 6.45) is 0.757. The van der Waals surface area contributed by atoms with Crippen LogP contribution in [0.2, 0.25) is 0 Å². The maximum atomic E-state index is 12.5. The summed E-state index contributed by atoms with van der Waals surface area (Å²) < 4.78 is 11.1. The Hall–Kier alpha value is -3.06. The van der Waals surface area contributed by atoms with Crippen molar-refractivity contribution in [1.82, 2.24) is 5.32 Å². The van der Waals surface area contributed by atoms with Crippen LogP contribution in [0, 0.1) is 0 Å². The summed E-state index contributed by atoms with van der Waals surface area (Å²) >= 11 is 0. The van der Waals surface area contributed by atoms with Gasteiger partial charge in [0.1, 0.15) is 11.4 Å². The average molecular weight is 412 g/mol. The predicted molar refractivity (Wildman–Crippen MR) is 114 cm³/mol. The van der Waals surface area contributed by atoms with E-state index in [0.717, 1.165) is 11.3 Å². The van der Waals surface area contributed by atoms with Crippen LogP contribution in [-0.4, -0.2) is 42.0 Å². The highest BCUT2D eigenvalue weighted by Gasteiger charge is 2.35. The van der Waals surface area contributed by atoms with Gasteiger partial charge in [-0.25, -0.2) is 4.79 Å². The summed E-state index contributed by atoms with van der Waals surface area (Å²) in [7, 11) is 0. The van der Waals surface area contributed by atoms with Gasteiger partial charge >= 0.3 is 5.97 Å². The fraction of sp³-hybridized carbons (Fsp3) is 0.391. The smallest absolute Gasteiger partial charge is 0.333 e. The summed E-state index contributed by atoms with van der Waals surface area (Å²) in [5.74, 6) is -0.362. The number of rotatable bonds is 10. The van der Waals surface area contributed by atoms with Crippen molar-refractivity contribution in [2.45, 2.75) is 44.9 Å². The highest BCUT2D eigenvalue weighted by Crippen LogP contribution is 2.28. The largest absolute Gasteiger partial charge is 0.493 e. The molecule has 2 aromatic carbocycles. The lowest BCUT2D eigenvalue weighted by Crippen LogP contribution is -2.57. The van der Waals surface area contributed by atoms with Crippen LogP contribution in [0.3, 0.4) is 0 Å². The molecule has 1 heterocycles. The third-order valence-electron chi connectivity index (χ3n) is 5.29. The van der Waals surface area contributed by atoms with Gasteiger partial charge in [0.15, 0.2) is 6.10 Å². The molecule has 3 rings (SSSR count). The van der Waals surface area contributed by atoms with E-state index in [2.05, 4.69) is 10.6 Å². The molecule has 0 saturated carbocycles. The van der Waals surface area contributed by atoms with Crippen LogP contribution in [0.4, 0.5) is 5.69 Å². The van der Waals surface area contributed by atoms with E-state index in [0.29, 0.717) is 43.8 Å². The first-order valence-electron chi connectivity index (χ1n) is 10.2. The molecular formula is C23H28N2O5. The van der Waals surface area contributed by atoms with E-state index in [1.165, 1.54) is 0 Å². The van der Waals surface area contributed by atoms with Gasteiger partial charge in [0, 0.05) is 25.1 Å². The minimum atomic E-state index is -0.967. The third-order valence-corrected chi connectivity index (χ3v) is 5.29. The van der Waals surface area contributed by atoms with Crippen molar-refractivity contribution in [2.24, 2.45) is 0 Å². The molecular weight excluding hydrogens is 384 g/mol. The molecule has 30 heavy (non-hydrogen) atoms. The van der Waals surface area contributed by atoms with E-state index in [-0.39, 0.29) is 5.91 Å². The highest BCUT2D eigenvalue weighted by atomic mass is 16.5. The number of carboxylic acids is 1. The Morgan fingerprint density at radius 1 is 1.10 bits per heavy atom. The van der Waals surface area contributed by atoms with Gasteiger partial charge in [-0.1, -0.05) is 31.2 Å². The number of aliphatic carboxylic acids is 1. The average Bonchev–Trinajstić information content (AvgIpc) is 2.74. The van der Waals surface area contributed by atoms with E-state index in [4.69, 9.17) is 9.47 Å². The Balaban J connectivity index is 1.57. The van der Waals surface area contributed by atoms with E-state index in [1.54, 1.807) is 13.0 Å². The second-order valence-corrected chi connectivity index (χ2v) is 7.29. The molecule has 1 amide bonds. The van der Waals surface area contributed by atoms with Gasteiger partial charge in [-0.15, -0.1) is 0 Å². The van der Waals surface area contributed by atoms with Crippen LogP contribution in [0.1, 0.15) is 42.6 Å². The van der Waals surface area contributed by atoms with Gasteiger partial charge in [-0.05, 0) is 43.2 Å². The molecule has 0 fully saturated rings. The lowest BCUT2D eigenvalue weighted by atomic mass is 9.97. The lowest BCUT2D eigenvalue weighted by Gasteiger charge is -2.40. The summed E-state index contributed by atoms with van der Waals surface area (Å²) in [6, 6.07) is 14.8. The summed E-state index contributed by atoms with van der Waals surface area (Å²) in [4.78, 5) is 23.7. The number of hydrogen-bond donors (Lipinski definition) is 3. The second kappa shape index (κ2) is 9.63. The molecule has 160 valence electrons. The fourth-order valence-corrected chi connectivity index (χ4v) is 3.54. The van der Waals surface area contributed by atoms with Crippen molar-refractivity contribution >= 4 is 17.6 Å². The molecule has 7 nitrogen and oxygen atoms in total. The number of ether oxygens (including phenoxy) is 2. The normalized spacial score (nSPS) is 18.7. The summed E-state index contributed by atoms with van der Waals surface area (Å²) in [5.41, 5.74) is 1.78. The van der Waals surface area contributed by atoms with Crippen LogP contribution in [0.15, 0.2) is 48.5 Å². The van der Waals surface area contributed by atoms with E-state index < -0.39 is 17.7 Å². The van der Waals surface area contributed by atoms with Crippen LogP contribution in [-0.2, 0) is 16.0 Å². The van der Waals surface area contributed by atoms with Crippen molar-refractivity contribution in [3.05, 3.63) is 59.7 Å². The molecule has 0 saturated heterocycles. The number of nitrogens with one attached hydrogen (secondary N) is 2. The van der Waals surface area contributed by atoms with Crippen molar-refractivity contribution in [3.8, 4) is 5.75 Å². The molecule has 0 radical (unpaired) electrons. The topological polar surface area (TPSA) is 96.9 Å². The van der Waals surface area contributed by atoms with E-state index in [1.807, 2.05) is 49.4 Å². The Morgan fingerprint density at radius 2 is 1.83 bits per heavy atom. The number of carbonyl (C=O) groups excluding carboxylic acids is 1. The van der Waals surface area contributed by atoms with Gasteiger partial charge < -0.3 is 25.2 Å². The maximum absolute atomic E-state index is 12.5. The van der Waals surface area contributed by atoms with Crippen molar-refractivity contribution in [1.29, 1.82) is 0 Å². The van der Waals surface area contributed by atoms with Crippen LogP contribution >= 0.6 is 0 Å². The first-order valence-corrected chi connectivity index (χ1v) is 10.2. The zero-order chi connectivity index (χ0) is 21.6. The molecule has 0 aliphatic carbocycles. The molecule has 7 heteroatoms. The third kappa shape index (κ3) is 5.10. The van der Waals surface area contributed by atoms with Gasteiger partial charge in [-0.3, -0.25) is 4.79 Å². The number of hydrogen-bond acceptors (Lipinski definition) is 5. The number of anilines is 1. The molecule has 2 atom stereocenters. The monoisotopic (exact) mass is 412 g/mol. The first-order chi connectivity index (χ1) is 14.5. The van der Waals surface area contributed by atoms with E-state index >= 15 is 0 Å². The molecule has 0 aromatic heterocycles. The Bertz CT molecular complexity index is 883. The molecule has 0 bridgehead atoms. The van der Waals surface area contributed by atoms with Crippen LogP contribution in [0.25, 0.3) is 0 Å². The predicted octanol–water partition coefficient (Wildman–Crippen LogP) is 3.45. The van der Waals surface area contributed by atoms with Gasteiger partial charge in [0.25, 0.3) is 5.91 Å². The zero-order valence-corrected chi connectivity index (χ0v) is 17.3. The summed E-state index contributed by atoms with van der Waals surface area (Å²) in [6.45, 7) is 4.57. The number of benzene rings is 2. The minimum absolute atomic E-state index is 0.0853. The van der Waals surface area contributed by atoms with E-state index in [9.17, 15) is 14.7 Å². The highest BCUT2D eigenvalue weighted by molar-refractivity contribution is 6.02. The van der Waals surface area contributed by atoms with Gasteiger partial charge in [-0.2, -0.15) is 0 Å².